The molecule has 32 heavy (non-hydrogen) atoms. The van der Waals surface area contributed by atoms with Crippen LogP contribution in [0, 0.1) is 5.82 Å². The Morgan fingerprint density at radius 3 is 2.59 bits per heavy atom. The summed E-state index contributed by atoms with van der Waals surface area (Å²) in [6.07, 6.45) is 1.41. The molecule has 8 heteroatoms. The van der Waals surface area contributed by atoms with Crippen molar-refractivity contribution in [3.05, 3.63) is 65.0 Å². The molecule has 7 nitrogen and oxygen atoms in total. The molecular formula is C24H24FNO6. The Kier molecular flexibility index (Phi) is 6.92. The van der Waals surface area contributed by atoms with Gasteiger partial charge in [0, 0.05) is 13.5 Å². The zero-order valence-electron chi connectivity index (χ0n) is 18.1. The predicted octanol–water partition coefficient (Wildman–Crippen LogP) is 3.98. The Morgan fingerprint density at radius 2 is 1.94 bits per heavy atom. The van der Waals surface area contributed by atoms with Gasteiger partial charge in [0.1, 0.15) is 23.1 Å². The van der Waals surface area contributed by atoms with Crippen LogP contribution in [0.1, 0.15) is 43.9 Å². The van der Waals surface area contributed by atoms with Gasteiger partial charge in [-0.15, -0.1) is 0 Å². The average Bonchev–Trinajstić information content (AvgIpc) is 3.01. The highest BCUT2D eigenvalue weighted by Crippen LogP contribution is 2.41. The molecule has 1 unspecified atom stereocenters. The zero-order chi connectivity index (χ0) is 23.4. The Morgan fingerprint density at radius 1 is 1.19 bits per heavy atom. The minimum absolute atomic E-state index is 0.0397. The highest BCUT2D eigenvalue weighted by molar-refractivity contribution is 6.46. The number of unbranched alkanes of at least 4 members (excludes halogenated alkanes) is 1. The van der Waals surface area contributed by atoms with Crippen molar-refractivity contribution in [3.63, 3.8) is 0 Å². The number of carbonyl (C=O) groups is 3. The van der Waals surface area contributed by atoms with Gasteiger partial charge in [-0.3, -0.25) is 14.4 Å². The normalized spacial score (nSPS) is 17.5. The summed E-state index contributed by atoms with van der Waals surface area (Å²) in [5.41, 5.74) is 0.244. The molecule has 0 aliphatic carbocycles. The predicted molar refractivity (Wildman–Crippen MR) is 115 cm³/mol. The second kappa shape index (κ2) is 9.64. The number of carbonyl (C=O) groups excluding carboxylic acids is 3. The number of aliphatic hydroxyl groups is 1. The van der Waals surface area contributed by atoms with Crippen LogP contribution in [0.3, 0.4) is 0 Å². The van der Waals surface area contributed by atoms with Crippen molar-refractivity contribution in [2.45, 2.75) is 32.7 Å². The van der Waals surface area contributed by atoms with E-state index in [1.165, 1.54) is 31.1 Å². The molecule has 1 fully saturated rings. The largest absolute Gasteiger partial charge is 0.507 e. The molecular weight excluding hydrogens is 417 g/mol. The van der Waals surface area contributed by atoms with Crippen LogP contribution in [-0.2, 0) is 14.4 Å². The van der Waals surface area contributed by atoms with Crippen LogP contribution in [0.5, 0.6) is 11.5 Å². The lowest BCUT2D eigenvalue weighted by atomic mass is 9.94. The van der Waals surface area contributed by atoms with Crippen LogP contribution in [0.2, 0.25) is 0 Å². The molecule has 0 aromatic heterocycles. The maximum absolute atomic E-state index is 13.9. The molecule has 3 rings (SSSR count). The summed E-state index contributed by atoms with van der Waals surface area (Å²) in [6.45, 7) is 3.49. The van der Waals surface area contributed by atoms with Gasteiger partial charge in [-0.2, -0.15) is 0 Å². The van der Waals surface area contributed by atoms with Gasteiger partial charge in [0.15, 0.2) is 0 Å². The Balaban J connectivity index is 2.22. The first kappa shape index (κ1) is 23.0. The number of ketones is 1. The lowest BCUT2D eigenvalue weighted by Crippen LogP contribution is -2.30. The number of likely N-dealkylation sites (tertiary alicyclic amines) is 1. The third kappa shape index (κ3) is 4.49. The van der Waals surface area contributed by atoms with Crippen molar-refractivity contribution in [3.8, 4) is 11.5 Å². The van der Waals surface area contributed by atoms with Gasteiger partial charge in [0.2, 0.25) is 0 Å². The molecule has 1 N–H and O–H groups in total. The van der Waals surface area contributed by atoms with Gasteiger partial charge in [-0.25, -0.2) is 4.39 Å². The van der Waals surface area contributed by atoms with E-state index >= 15 is 0 Å². The standard InChI is InChI=1S/C24H24FNO6/c1-4-5-11-26-21(15-7-6-8-17(12-15)32-14(2)27)20(23(29)24(26)30)22(28)18-13-16(25)9-10-19(18)31-3/h6-10,12-13,21,28H,4-5,11H2,1-3H3/b22-20+. The summed E-state index contributed by atoms with van der Waals surface area (Å²) in [5, 5.41) is 11.1. The molecule has 168 valence electrons. The van der Waals surface area contributed by atoms with Crippen molar-refractivity contribution in [2.24, 2.45) is 0 Å². The fourth-order valence-electron chi connectivity index (χ4n) is 3.71. The fraction of sp³-hybridized carbons (Fsp3) is 0.292. The first-order valence-corrected chi connectivity index (χ1v) is 10.2. The third-order valence-electron chi connectivity index (χ3n) is 5.14. The van der Waals surface area contributed by atoms with Gasteiger partial charge in [-0.1, -0.05) is 25.5 Å². The number of nitrogens with zero attached hydrogens (tertiary/aromatic N) is 1. The summed E-state index contributed by atoms with van der Waals surface area (Å²) in [5.74, 6) is -2.96. The summed E-state index contributed by atoms with van der Waals surface area (Å²) in [6, 6.07) is 8.98. The molecule has 2 aromatic rings. The number of halogens is 1. The van der Waals surface area contributed by atoms with Crippen molar-refractivity contribution < 1.29 is 33.4 Å². The maximum atomic E-state index is 13.9. The molecule has 1 amide bonds. The van der Waals surface area contributed by atoms with E-state index in [-0.39, 0.29) is 29.2 Å². The van der Waals surface area contributed by atoms with Gasteiger partial charge >= 0.3 is 5.97 Å². The molecule has 0 saturated carbocycles. The second-order valence-corrected chi connectivity index (χ2v) is 7.36. The summed E-state index contributed by atoms with van der Waals surface area (Å²) in [4.78, 5) is 38.6. The Hall–Kier alpha value is -3.68. The fourth-order valence-corrected chi connectivity index (χ4v) is 3.71. The minimum atomic E-state index is -0.940. The van der Waals surface area contributed by atoms with Gasteiger partial charge in [0.05, 0.1) is 24.3 Å². The quantitative estimate of drug-likeness (QED) is 0.230. The van der Waals surface area contributed by atoms with E-state index in [1.807, 2.05) is 6.92 Å². The monoisotopic (exact) mass is 441 g/mol. The molecule has 1 atom stereocenters. The van der Waals surface area contributed by atoms with E-state index in [2.05, 4.69) is 0 Å². The SMILES string of the molecule is CCCCN1C(=O)C(=O)/C(=C(/O)c2cc(F)ccc2OC)C1c1cccc(OC(C)=O)c1. The first-order valence-electron chi connectivity index (χ1n) is 10.2. The summed E-state index contributed by atoms with van der Waals surface area (Å²) in [7, 11) is 1.35. The molecule has 0 radical (unpaired) electrons. The van der Waals surface area contributed by atoms with E-state index in [0.717, 1.165) is 18.6 Å². The zero-order valence-corrected chi connectivity index (χ0v) is 18.1. The Bertz CT molecular complexity index is 1090. The number of aliphatic hydroxyl groups excluding tert-OH is 1. The van der Waals surface area contributed by atoms with Crippen LogP contribution in [-0.4, -0.2) is 41.3 Å². The van der Waals surface area contributed by atoms with E-state index in [9.17, 15) is 23.9 Å². The third-order valence-corrected chi connectivity index (χ3v) is 5.14. The van der Waals surface area contributed by atoms with Crippen molar-refractivity contribution in [1.82, 2.24) is 4.90 Å². The average molecular weight is 441 g/mol. The highest BCUT2D eigenvalue weighted by Gasteiger charge is 2.46. The number of methoxy groups -OCH3 is 1. The lowest BCUT2D eigenvalue weighted by molar-refractivity contribution is -0.139. The number of rotatable bonds is 7. The Labute approximate surface area is 185 Å². The van der Waals surface area contributed by atoms with Crippen LogP contribution < -0.4 is 9.47 Å². The van der Waals surface area contributed by atoms with E-state index in [1.54, 1.807) is 18.2 Å². The second-order valence-electron chi connectivity index (χ2n) is 7.36. The maximum Gasteiger partial charge on any atom is 0.308 e. The molecule has 2 aromatic carbocycles. The van der Waals surface area contributed by atoms with E-state index < -0.39 is 35.3 Å². The molecule has 0 bridgehead atoms. The number of amides is 1. The van der Waals surface area contributed by atoms with Crippen molar-refractivity contribution >= 4 is 23.4 Å². The molecule has 1 aliphatic heterocycles. The molecule has 0 spiro atoms. The van der Waals surface area contributed by atoms with Crippen LogP contribution in [0.4, 0.5) is 4.39 Å². The summed E-state index contributed by atoms with van der Waals surface area (Å²) < 4.78 is 24.3. The number of hydrogen-bond donors (Lipinski definition) is 1. The molecule has 1 aliphatic rings. The first-order chi connectivity index (χ1) is 15.3. The number of hydrogen-bond acceptors (Lipinski definition) is 6. The van der Waals surface area contributed by atoms with Gasteiger partial charge in [-0.05, 0) is 42.3 Å². The van der Waals surface area contributed by atoms with Crippen LogP contribution >= 0.6 is 0 Å². The number of ether oxygens (including phenoxy) is 2. The molecule has 1 saturated heterocycles. The smallest absolute Gasteiger partial charge is 0.308 e. The number of esters is 1. The highest BCUT2D eigenvalue weighted by atomic mass is 19.1. The number of Topliss-reactive ketones (excluding diaryl/α,β-unsaturated/α-hetero) is 1. The van der Waals surface area contributed by atoms with Crippen molar-refractivity contribution in [2.75, 3.05) is 13.7 Å². The van der Waals surface area contributed by atoms with Crippen LogP contribution in [0.15, 0.2) is 48.0 Å². The topological polar surface area (TPSA) is 93.1 Å². The summed E-state index contributed by atoms with van der Waals surface area (Å²) >= 11 is 0. The number of benzene rings is 2. The van der Waals surface area contributed by atoms with Crippen molar-refractivity contribution in [1.29, 1.82) is 0 Å². The van der Waals surface area contributed by atoms with Gasteiger partial charge < -0.3 is 19.5 Å². The van der Waals surface area contributed by atoms with E-state index in [0.29, 0.717) is 12.0 Å². The molecule has 1 heterocycles. The lowest BCUT2D eigenvalue weighted by Gasteiger charge is -2.25. The van der Waals surface area contributed by atoms with E-state index in [4.69, 9.17) is 9.47 Å². The minimum Gasteiger partial charge on any atom is -0.507 e. The van der Waals surface area contributed by atoms with Gasteiger partial charge in [0.25, 0.3) is 11.7 Å². The van der Waals surface area contributed by atoms with Crippen LogP contribution in [0.25, 0.3) is 5.76 Å².